The quantitative estimate of drug-likeness (QED) is 0.400. The minimum atomic E-state index is -4.08. The van der Waals surface area contributed by atoms with Gasteiger partial charge in [0, 0.05) is 11.6 Å². The van der Waals surface area contributed by atoms with Crippen molar-refractivity contribution in [3.8, 4) is 11.5 Å². The molecule has 0 saturated carbocycles. The van der Waals surface area contributed by atoms with Crippen LogP contribution in [0.3, 0.4) is 0 Å². The van der Waals surface area contributed by atoms with E-state index < -0.39 is 14.9 Å². The van der Waals surface area contributed by atoms with Crippen LogP contribution in [-0.4, -0.2) is 31.8 Å². The molecule has 11 heteroatoms. The molecule has 0 aliphatic rings. The largest absolute Gasteiger partial charge is 0.503 e. The average Bonchev–Trinajstić information content (AvgIpc) is 2.57. The third-order valence-corrected chi connectivity index (χ3v) is 5.17. The molecular formula is C15H14BrN3O6S. The standard InChI is InChI=1S/C15H14BrN3O6S/c1-9-3-4-11(7-13(9)19(21)22)26(23,24)18-17-8-10-5-12(16)15(20)14(6-10)25-2/h3-8,18,20H,1-2H3. The topological polar surface area (TPSA) is 131 Å². The van der Waals surface area contributed by atoms with Crippen LogP contribution in [0.25, 0.3) is 0 Å². The number of nitro benzene ring substituents is 1. The van der Waals surface area contributed by atoms with E-state index in [4.69, 9.17) is 4.74 Å². The molecule has 0 radical (unpaired) electrons. The summed E-state index contributed by atoms with van der Waals surface area (Å²) in [5.74, 6) is 0.0787. The molecule has 0 saturated heterocycles. The second-order valence-electron chi connectivity index (χ2n) is 5.11. The first kappa shape index (κ1) is 19.7. The number of sulfonamides is 1. The van der Waals surface area contributed by atoms with E-state index in [1.54, 1.807) is 0 Å². The SMILES string of the molecule is COc1cc(C=NNS(=O)(=O)c2ccc(C)c([N+](=O)[O-])c2)cc(Br)c1O. The highest BCUT2D eigenvalue weighted by Gasteiger charge is 2.19. The summed E-state index contributed by atoms with van der Waals surface area (Å²) in [5, 5.41) is 24.3. The van der Waals surface area contributed by atoms with E-state index in [0.717, 1.165) is 6.07 Å². The van der Waals surface area contributed by atoms with Crippen LogP contribution in [0.4, 0.5) is 5.69 Å². The van der Waals surface area contributed by atoms with Crippen LogP contribution in [0.1, 0.15) is 11.1 Å². The number of nitrogens with one attached hydrogen (secondary N) is 1. The number of hydrogen-bond acceptors (Lipinski definition) is 7. The van der Waals surface area contributed by atoms with Crippen molar-refractivity contribution in [1.29, 1.82) is 0 Å². The zero-order chi connectivity index (χ0) is 19.5. The Hall–Kier alpha value is -2.66. The second kappa shape index (κ2) is 7.70. The summed E-state index contributed by atoms with van der Waals surface area (Å²) in [7, 11) is -2.71. The van der Waals surface area contributed by atoms with Crippen LogP contribution < -0.4 is 9.57 Å². The van der Waals surface area contributed by atoms with Gasteiger partial charge in [0.15, 0.2) is 11.5 Å². The Labute approximate surface area is 157 Å². The summed E-state index contributed by atoms with van der Waals surface area (Å²) >= 11 is 3.14. The van der Waals surface area contributed by atoms with Gasteiger partial charge >= 0.3 is 0 Å². The lowest BCUT2D eigenvalue weighted by atomic mass is 10.2. The number of hydrazone groups is 1. The molecule has 26 heavy (non-hydrogen) atoms. The summed E-state index contributed by atoms with van der Waals surface area (Å²) < 4.78 is 29.8. The second-order valence-corrected chi connectivity index (χ2v) is 7.63. The molecule has 0 unspecified atom stereocenters. The Kier molecular flexibility index (Phi) is 5.83. The molecule has 0 bridgehead atoms. The van der Waals surface area contributed by atoms with Crippen LogP contribution in [0.15, 0.2) is 44.8 Å². The molecule has 0 aliphatic carbocycles. The number of nitro groups is 1. The maximum Gasteiger partial charge on any atom is 0.276 e. The Balaban J connectivity index is 2.26. The number of aryl methyl sites for hydroxylation is 1. The molecule has 2 rings (SSSR count). The fourth-order valence-corrected chi connectivity index (χ4v) is 3.27. The zero-order valence-electron chi connectivity index (χ0n) is 13.6. The third kappa shape index (κ3) is 4.29. The predicted octanol–water partition coefficient (Wildman–Crippen LogP) is 2.69. The molecule has 0 aromatic heterocycles. The Bertz CT molecular complexity index is 991. The van der Waals surface area contributed by atoms with Crippen molar-refractivity contribution in [3.63, 3.8) is 0 Å². The van der Waals surface area contributed by atoms with Gasteiger partial charge in [-0.25, -0.2) is 4.83 Å². The number of hydrogen-bond donors (Lipinski definition) is 2. The number of phenols is 1. The normalized spacial score (nSPS) is 11.5. The van der Waals surface area contributed by atoms with E-state index in [9.17, 15) is 23.6 Å². The monoisotopic (exact) mass is 443 g/mol. The van der Waals surface area contributed by atoms with Gasteiger partial charge < -0.3 is 9.84 Å². The Morgan fingerprint density at radius 2 is 2.04 bits per heavy atom. The molecule has 0 aliphatic heterocycles. The number of methoxy groups -OCH3 is 1. The van der Waals surface area contributed by atoms with Crippen molar-refractivity contribution in [2.24, 2.45) is 5.10 Å². The molecule has 9 nitrogen and oxygen atoms in total. The van der Waals surface area contributed by atoms with Crippen molar-refractivity contribution in [3.05, 3.63) is 56.0 Å². The highest BCUT2D eigenvalue weighted by Crippen LogP contribution is 2.34. The maximum absolute atomic E-state index is 12.2. The van der Waals surface area contributed by atoms with E-state index in [-0.39, 0.29) is 22.1 Å². The van der Waals surface area contributed by atoms with Gasteiger partial charge in [0.1, 0.15) is 0 Å². The first-order valence-corrected chi connectivity index (χ1v) is 9.29. The van der Waals surface area contributed by atoms with E-state index in [1.807, 2.05) is 4.83 Å². The van der Waals surface area contributed by atoms with Crippen LogP contribution in [0.2, 0.25) is 0 Å². The van der Waals surface area contributed by atoms with E-state index in [2.05, 4.69) is 21.0 Å². The highest BCUT2D eigenvalue weighted by molar-refractivity contribution is 9.10. The lowest BCUT2D eigenvalue weighted by Crippen LogP contribution is -2.18. The third-order valence-electron chi connectivity index (χ3n) is 3.34. The summed E-state index contributed by atoms with van der Waals surface area (Å²) in [5.41, 5.74) is 0.492. The van der Waals surface area contributed by atoms with Gasteiger partial charge in [-0.05, 0) is 46.6 Å². The van der Waals surface area contributed by atoms with Crippen molar-refractivity contribution >= 4 is 37.9 Å². The number of nitrogens with zero attached hydrogens (tertiary/aromatic N) is 2. The molecule has 2 N–H and O–H groups in total. The van der Waals surface area contributed by atoms with Gasteiger partial charge in [0.2, 0.25) is 0 Å². The van der Waals surface area contributed by atoms with Crippen molar-refractivity contribution in [2.75, 3.05) is 7.11 Å². The minimum absolute atomic E-state index is 0.0998. The molecule has 0 spiro atoms. The number of halogens is 1. The first-order chi connectivity index (χ1) is 12.2. The lowest BCUT2D eigenvalue weighted by molar-refractivity contribution is -0.385. The Morgan fingerprint density at radius 1 is 1.35 bits per heavy atom. The number of benzene rings is 2. The summed E-state index contributed by atoms with van der Waals surface area (Å²) in [6.45, 7) is 1.51. The number of rotatable bonds is 6. The molecule has 0 fully saturated rings. The lowest BCUT2D eigenvalue weighted by Gasteiger charge is -2.07. The molecule has 0 heterocycles. The maximum atomic E-state index is 12.2. The molecular weight excluding hydrogens is 430 g/mol. The molecule has 0 amide bonds. The van der Waals surface area contributed by atoms with Crippen molar-refractivity contribution in [2.45, 2.75) is 11.8 Å². The molecule has 2 aromatic carbocycles. The van der Waals surface area contributed by atoms with Gasteiger partial charge in [-0.3, -0.25) is 10.1 Å². The average molecular weight is 444 g/mol. The highest BCUT2D eigenvalue weighted by atomic mass is 79.9. The predicted molar refractivity (Wildman–Crippen MR) is 98.1 cm³/mol. The molecule has 2 aromatic rings. The van der Waals surface area contributed by atoms with Gasteiger partial charge in [-0.15, -0.1) is 0 Å². The number of aromatic hydroxyl groups is 1. The Morgan fingerprint density at radius 3 is 2.65 bits per heavy atom. The first-order valence-electron chi connectivity index (χ1n) is 7.02. The molecule has 138 valence electrons. The molecule has 0 atom stereocenters. The van der Waals surface area contributed by atoms with Gasteiger partial charge in [-0.1, -0.05) is 6.07 Å². The van der Waals surface area contributed by atoms with Gasteiger partial charge in [-0.2, -0.15) is 13.5 Å². The number of phenolic OH excluding ortho intramolecular Hbond substituents is 1. The van der Waals surface area contributed by atoms with Crippen molar-refractivity contribution in [1.82, 2.24) is 4.83 Å². The van der Waals surface area contributed by atoms with Gasteiger partial charge in [0.05, 0.1) is 27.6 Å². The summed E-state index contributed by atoms with van der Waals surface area (Å²) in [6, 6.07) is 6.52. The van der Waals surface area contributed by atoms with Crippen LogP contribution in [-0.2, 0) is 10.0 Å². The van der Waals surface area contributed by atoms with Crippen molar-refractivity contribution < 1.29 is 23.2 Å². The van der Waals surface area contributed by atoms with E-state index in [1.165, 1.54) is 44.5 Å². The zero-order valence-corrected chi connectivity index (χ0v) is 16.0. The van der Waals surface area contributed by atoms with Crippen LogP contribution in [0, 0.1) is 17.0 Å². The minimum Gasteiger partial charge on any atom is -0.503 e. The van der Waals surface area contributed by atoms with Crippen LogP contribution >= 0.6 is 15.9 Å². The van der Waals surface area contributed by atoms with E-state index >= 15 is 0 Å². The fraction of sp³-hybridized carbons (Fsp3) is 0.133. The smallest absolute Gasteiger partial charge is 0.276 e. The van der Waals surface area contributed by atoms with E-state index in [0.29, 0.717) is 15.6 Å². The summed E-state index contributed by atoms with van der Waals surface area (Å²) in [4.78, 5) is 12.0. The fourth-order valence-electron chi connectivity index (χ4n) is 2.00. The number of ether oxygens (including phenoxy) is 1. The summed E-state index contributed by atoms with van der Waals surface area (Å²) in [6.07, 6.45) is 1.20. The van der Waals surface area contributed by atoms with Gasteiger partial charge in [0.25, 0.3) is 15.7 Å². The van der Waals surface area contributed by atoms with Crippen LogP contribution in [0.5, 0.6) is 11.5 Å².